The van der Waals surface area contributed by atoms with E-state index in [1.807, 2.05) is 24.3 Å². The van der Waals surface area contributed by atoms with Gasteiger partial charge in [-0.2, -0.15) is 0 Å². The SMILES string of the molecule is CCN(CC)CCN(C(=O)c1ccnc(Cl)c1)c1cccc(Br)c1. The lowest BCUT2D eigenvalue weighted by Crippen LogP contribution is -2.39. The summed E-state index contributed by atoms with van der Waals surface area (Å²) in [6.45, 7) is 7.58. The minimum Gasteiger partial charge on any atom is -0.307 e. The zero-order chi connectivity index (χ0) is 17.5. The van der Waals surface area contributed by atoms with Crippen LogP contribution in [0.1, 0.15) is 24.2 Å². The Labute approximate surface area is 156 Å². The number of carbonyl (C=O) groups excluding carboxylic acids is 1. The smallest absolute Gasteiger partial charge is 0.258 e. The third-order valence-corrected chi connectivity index (χ3v) is 4.57. The van der Waals surface area contributed by atoms with Gasteiger partial charge in [0, 0.05) is 35.0 Å². The van der Waals surface area contributed by atoms with Crippen molar-refractivity contribution in [1.29, 1.82) is 0 Å². The molecule has 0 aliphatic heterocycles. The number of rotatable bonds is 7. The van der Waals surface area contributed by atoms with Crippen molar-refractivity contribution in [2.45, 2.75) is 13.8 Å². The molecule has 128 valence electrons. The first kappa shape index (κ1) is 18.9. The van der Waals surface area contributed by atoms with Crippen LogP contribution in [-0.2, 0) is 0 Å². The molecule has 0 radical (unpaired) electrons. The summed E-state index contributed by atoms with van der Waals surface area (Å²) >= 11 is 9.42. The molecule has 0 spiro atoms. The zero-order valence-corrected chi connectivity index (χ0v) is 16.2. The molecule has 1 aromatic heterocycles. The number of anilines is 1. The molecule has 4 nitrogen and oxygen atoms in total. The molecule has 6 heteroatoms. The van der Waals surface area contributed by atoms with Crippen molar-refractivity contribution in [3.05, 3.63) is 57.8 Å². The lowest BCUT2D eigenvalue weighted by molar-refractivity contribution is 0.0983. The van der Waals surface area contributed by atoms with Gasteiger partial charge < -0.3 is 9.80 Å². The number of hydrogen-bond acceptors (Lipinski definition) is 3. The summed E-state index contributed by atoms with van der Waals surface area (Å²) in [6, 6.07) is 11.1. The van der Waals surface area contributed by atoms with Gasteiger partial charge in [-0.25, -0.2) is 4.98 Å². The molecule has 1 aromatic carbocycles. The molecule has 0 saturated heterocycles. The van der Waals surface area contributed by atoms with Gasteiger partial charge in [-0.1, -0.05) is 47.4 Å². The number of pyridine rings is 1. The van der Waals surface area contributed by atoms with Gasteiger partial charge in [0.2, 0.25) is 0 Å². The third-order valence-electron chi connectivity index (χ3n) is 3.87. The number of likely N-dealkylation sites (N-methyl/N-ethyl adjacent to an activating group) is 1. The second-order valence-corrected chi connectivity index (χ2v) is 6.63. The zero-order valence-electron chi connectivity index (χ0n) is 13.9. The highest BCUT2D eigenvalue weighted by Crippen LogP contribution is 2.22. The predicted molar refractivity (Wildman–Crippen MR) is 103 cm³/mol. The monoisotopic (exact) mass is 409 g/mol. The molecule has 24 heavy (non-hydrogen) atoms. The fourth-order valence-electron chi connectivity index (χ4n) is 2.46. The molecule has 0 saturated carbocycles. The van der Waals surface area contributed by atoms with Crippen LogP contribution in [0.2, 0.25) is 5.15 Å². The van der Waals surface area contributed by atoms with E-state index in [4.69, 9.17) is 11.6 Å². The second kappa shape index (κ2) is 9.16. The standard InChI is InChI=1S/C18H21BrClN3O/c1-3-22(4-2)10-11-23(16-7-5-6-15(19)13-16)18(24)14-8-9-21-17(20)12-14/h5-9,12-13H,3-4,10-11H2,1-2H3. The van der Waals surface area contributed by atoms with E-state index in [0.717, 1.165) is 29.8 Å². The van der Waals surface area contributed by atoms with Crippen molar-refractivity contribution in [2.24, 2.45) is 0 Å². The number of nitrogens with zero attached hydrogens (tertiary/aromatic N) is 3. The Hall–Kier alpha value is -1.43. The van der Waals surface area contributed by atoms with E-state index in [1.54, 1.807) is 23.2 Å². The largest absolute Gasteiger partial charge is 0.307 e. The highest BCUT2D eigenvalue weighted by atomic mass is 79.9. The molecule has 0 fully saturated rings. The van der Waals surface area contributed by atoms with E-state index < -0.39 is 0 Å². The van der Waals surface area contributed by atoms with E-state index in [0.29, 0.717) is 17.3 Å². The molecule has 2 rings (SSSR count). The molecule has 1 amide bonds. The maximum Gasteiger partial charge on any atom is 0.258 e. The summed E-state index contributed by atoms with van der Waals surface area (Å²) in [5, 5.41) is 0.318. The van der Waals surface area contributed by atoms with Crippen molar-refractivity contribution < 1.29 is 4.79 Å². The van der Waals surface area contributed by atoms with E-state index >= 15 is 0 Å². The summed E-state index contributed by atoms with van der Waals surface area (Å²) in [4.78, 5) is 21.0. The van der Waals surface area contributed by atoms with Crippen LogP contribution in [0.15, 0.2) is 47.1 Å². The summed E-state index contributed by atoms with van der Waals surface area (Å²) in [7, 11) is 0. The fourth-order valence-corrected chi connectivity index (χ4v) is 3.03. The van der Waals surface area contributed by atoms with Gasteiger partial charge in [0.05, 0.1) is 0 Å². The van der Waals surface area contributed by atoms with E-state index in [2.05, 4.69) is 39.7 Å². The van der Waals surface area contributed by atoms with Gasteiger partial charge >= 0.3 is 0 Å². The lowest BCUT2D eigenvalue weighted by atomic mass is 10.2. The highest BCUT2D eigenvalue weighted by Gasteiger charge is 2.19. The molecule has 0 N–H and O–H groups in total. The molecule has 0 aliphatic carbocycles. The molecule has 0 aliphatic rings. The number of hydrogen-bond donors (Lipinski definition) is 0. The average molecular weight is 411 g/mol. The Morgan fingerprint density at radius 2 is 1.92 bits per heavy atom. The van der Waals surface area contributed by atoms with Crippen LogP contribution in [0.25, 0.3) is 0 Å². The maximum atomic E-state index is 13.0. The molecule has 0 unspecified atom stereocenters. The van der Waals surface area contributed by atoms with E-state index in [9.17, 15) is 4.79 Å². The summed E-state index contributed by atoms with van der Waals surface area (Å²) in [6.07, 6.45) is 1.55. The fraction of sp³-hybridized carbons (Fsp3) is 0.333. The Morgan fingerprint density at radius 1 is 1.17 bits per heavy atom. The quantitative estimate of drug-likeness (QED) is 0.631. The Kier molecular flexibility index (Phi) is 7.21. The van der Waals surface area contributed by atoms with Crippen LogP contribution >= 0.6 is 27.5 Å². The minimum atomic E-state index is -0.0791. The normalized spacial score (nSPS) is 10.9. The highest BCUT2D eigenvalue weighted by molar-refractivity contribution is 9.10. The summed E-state index contributed by atoms with van der Waals surface area (Å²) in [5.41, 5.74) is 1.39. The average Bonchev–Trinajstić information content (AvgIpc) is 2.58. The first-order valence-corrected chi connectivity index (χ1v) is 9.13. The summed E-state index contributed by atoms with van der Waals surface area (Å²) in [5.74, 6) is -0.0791. The van der Waals surface area contributed by atoms with E-state index in [1.165, 1.54) is 0 Å². The van der Waals surface area contributed by atoms with E-state index in [-0.39, 0.29) is 5.91 Å². The van der Waals surface area contributed by atoms with Gasteiger partial charge in [0.15, 0.2) is 0 Å². The second-order valence-electron chi connectivity index (χ2n) is 5.33. The molecule has 0 atom stereocenters. The molecule has 0 bridgehead atoms. The van der Waals surface area contributed by atoms with Gasteiger partial charge in [0.1, 0.15) is 5.15 Å². The van der Waals surface area contributed by atoms with Gasteiger partial charge in [-0.3, -0.25) is 4.79 Å². The lowest BCUT2D eigenvalue weighted by Gasteiger charge is -2.27. The van der Waals surface area contributed by atoms with Gasteiger partial charge in [0.25, 0.3) is 5.91 Å². The van der Waals surface area contributed by atoms with Crippen molar-refractivity contribution in [2.75, 3.05) is 31.1 Å². The molecule has 2 aromatic rings. The van der Waals surface area contributed by atoms with Crippen molar-refractivity contribution in [3.63, 3.8) is 0 Å². The Bertz CT molecular complexity index is 691. The number of aromatic nitrogens is 1. The number of amides is 1. The van der Waals surface area contributed by atoms with Crippen molar-refractivity contribution in [1.82, 2.24) is 9.88 Å². The van der Waals surface area contributed by atoms with Crippen LogP contribution in [-0.4, -0.2) is 42.0 Å². The van der Waals surface area contributed by atoms with Gasteiger partial charge in [-0.05, 0) is 43.4 Å². The Balaban J connectivity index is 2.29. The molecular weight excluding hydrogens is 390 g/mol. The van der Waals surface area contributed by atoms with Crippen LogP contribution in [0.5, 0.6) is 0 Å². The topological polar surface area (TPSA) is 36.4 Å². The predicted octanol–water partition coefficient (Wildman–Crippen LogP) is 4.49. The first-order chi connectivity index (χ1) is 11.5. The minimum absolute atomic E-state index is 0.0791. The van der Waals surface area contributed by atoms with Crippen molar-refractivity contribution in [3.8, 4) is 0 Å². The van der Waals surface area contributed by atoms with Crippen LogP contribution < -0.4 is 4.90 Å². The number of benzene rings is 1. The summed E-state index contributed by atoms with van der Waals surface area (Å²) < 4.78 is 0.938. The van der Waals surface area contributed by atoms with Crippen molar-refractivity contribution >= 4 is 39.1 Å². The first-order valence-electron chi connectivity index (χ1n) is 7.96. The maximum absolute atomic E-state index is 13.0. The third kappa shape index (κ3) is 5.03. The van der Waals surface area contributed by atoms with Gasteiger partial charge in [-0.15, -0.1) is 0 Å². The Morgan fingerprint density at radius 3 is 2.54 bits per heavy atom. The number of halogens is 2. The molecular formula is C18H21BrClN3O. The molecule has 1 heterocycles. The van der Waals surface area contributed by atoms with Crippen LogP contribution in [0.4, 0.5) is 5.69 Å². The van der Waals surface area contributed by atoms with Crippen LogP contribution in [0.3, 0.4) is 0 Å². The van der Waals surface area contributed by atoms with Crippen LogP contribution in [0, 0.1) is 0 Å². The number of carbonyl (C=O) groups is 1.